The summed E-state index contributed by atoms with van der Waals surface area (Å²) in [5.74, 6) is 2.02. The van der Waals surface area contributed by atoms with Crippen LogP contribution in [0.25, 0.3) is 21.3 Å². The molecule has 1 N–H and O–H groups in total. The fraction of sp³-hybridized carbons (Fsp3) is 0.190. The summed E-state index contributed by atoms with van der Waals surface area (Å²) in [7, 11) is 0. The maximum Gasteiger partial charge on any atom is 0.139 e. The first kappa shape index (κ1) is 16.7. The number of hydrogen-bond acceptors (Lipinski definition) is 5. The van der Waals surface area contributed by atoms with Gasteiger partial charge in [-0.15, -0.1) is 11.3 Å². The maximum absolute atomic E-state index is 4.83. The van der Waals surface area contributed by atoms with Gasteiger partial charge in [-0.2, -0.15) is 0 Å². The molecule has 4 aromatic rings. The van der Waals surface area contributed by atoms with Crippen molar-refractivity contribution in [3.8, 4) is 11.1 Å². The van der Waals surface area contributed by atoms with Crippen molar-refractivity contribution in [2.75, 3.05) is 5.32 Å². The molecule has 130 valence electrons. The molecule has 0 amide bonds. The lowest BCUT2D eigenvalue weighted by Crippen LogP contribution is -2.07. The molecule has 0 unspecified atom stereocenters. The van der Waals surface area contributed by atoms with Crippen LogP contribution in [0.2, 0.25) is 0 Å². The molecule has 0 atom stereocenters. The van der Waals surface area contributed by atoms with Gasteiger partial charge in [0.05, 0.1) is 17.6 Å². The van der Waals surface area contributed by atoms with E-state index in [1.165, 1.54) is 11.1 Å². The first-order valence-electron chi connectivity index (χ1n) is 8.70. The normalized spacial score (nSPS) is 11.2. The van der Waals surface area contributed by atoms with Gasteiger partial charge in [0.2, 0.25) is 0 Å². The Balaban J connectivity index is 1.81. The molecule has 5 heteroatoms. The van der Waals surface area contributed by atoms with Gasteiger partial charge in [-0.1, -0.05) is 50.2 Å². The largest absolute Gasteiger partial charge is 0.364 e. The highest BCUT2D eigenvalue weighted by atomic mass is 32.1. The van der Waals surface area contributed by atoms with Crippen LogP contribution in [0.3, 0.4) is 0 Å². The Hall–Kier alpha value is -2.79. The highest BCUT2D eigenvalue weighted by molar-refractivity contribution is 7.17. The first-order valence-corrected chi connectivity index (χ1v) is 9.58. The lowest BCUT2D eigenvalue weighted by Gasteiger charge is -2.12. The number of nitrogens with one attached hydrogen (secondary N) is 1. The van der Waals surface area contributed by atoms with Gasteiger partial charge in [-0.05, 0) is 17.7 Å². The third kappa shape index (κ3) is 3.30. The molecule has 1 aromatic carbocycles. The van der Waals surface area contributed by atoms with Crippen LogP contribution in [-0.4, -0.2) is 15.0 Å². The number of pyridine rings is 1. The number of aromatic nitrogens is 3. The van der Waals surface area contributed by atoms with E-state index in [0.717, 1.165) is 27.6 Å². The number of benzene rings is 1. The molecule has 3 aromatic heterocycles. The van der Waals surface area contributed by atoms with Crippen molar-refractivity contribution in [2.45, 2.75) is 26.3 Å². The van der Waals surface area contributed by atoms with Gasteiger partial charge in [0, 0.05) is 23.1 Å². The van der Waals surface area contributed by atoms with Crippen LogP contribution in [0, 0.1) is 0 Å². The van der Waals surface area contributed by atoms with Gasteiger partial charge in [0.15, 0.2) is 0 Å². The maximum atomic E-state index is 4.83. The van der Waals surface area contributed by atoms with Crippen molar-refractivity contribution in [3.63, 3.8) is 0 Å². The number of hydrogen-bond donors (Lipinski definition) is 1. The summed E-state index contributed by atoms with van der Waals surface area (Å²) in [6.07, 6.45) is 1.81. The Morgan fingerprint density at radius 2 is 1.81 bits per heavy atom. The van der Waals surface area contributed by atoms with Gasteiger partial charge in [0.1, 0.15) is 16.5 Å². The van der Waals surface area contributed by atoms with E-state index in [0.29, 0.717) is 6.54 Å². The van der Waals surface area contributed by atoms with Crippen LogP contribution < -0.4 is 5.32 Å². The topological polar surface area (TPSA) is 50.7 Å². The summed E-state index contributed by atoms with van der Waals surface area (Å²) in [4.78, 5) is 15.0. The van der Waals surface area contributed by atoms with Crippen molar-refractivity contribution < 1.29 is 0 Å². The van der Waals surface area contributed by atoms with Gasteiger partial charge in [-0.25, -0.2) is 9.97 Å². The van der Waals surface area contributed by atoms with Gasteiger partial charge < -0.3 is 5.32 Å². The molecule has 0 radical (unpaired) electrons. The van der Waals surface area contributed by atoms with E-state index in [1.54, 1.807) is 11.3 Å². The average molecular weight is 360 g/mol. The lowest BCUT2D eigenvalue weighted by molar-refractivity contribution is 0.784. The zero-order valence-electron chi connectivity index (χ0n) is 14.8. The number of thiophene rings is 1. The van der Waals surface area contributed by atoms with Crippen LogP contribution in [0.5, 0.6) is 0 Å². The van der Waals surface area contributed by atoms with Crippen LogP contribution in [0.4, 0.5) is 5.82 Å². The molecule has 26 heavy (non-hydrogen) atoms. The Morgan fingerprint density at radius 3 is 2.54 bits per heavy atom. The number of nitrogens with zero attached hydrogens (tertiary/aromatic N) is 3. The smallest absolute Gasteiger partial charge is 0.139 e. The Bertz CT molecular complexity index is 1010. The molecule has 0 aliphatic heterocycles. The zero-order valence-corrected chi connectivity index (χ0v) is 15.6. The minimum Gasteiger partial charge on any atom is -0.364 e. The molecule has 0 aliphatic carbocycles. The van der Waals surface area contributed by atoms with E-state index in [-0.39, 0.29) is 5.92 Å². The third-order valence-corrected chi connectivity index (χ3v) is 5.09. The summed E-state index contributed by atoms with van der Waals surface area (Å²) in [6, 6.07) is 16.3. The van der Waals surface area contributed by atoms with E-state index in [4.69, 9.17) is 9.97 Å². The molecule has 4 rings (SSSR count). The minimum absolute atomic E-state index is 0.275. The summed E-state index contributed by atoms with van der Waals surface area (Å²) in [5.41, 5.74) is 3.34. The highest BCUT2D eigenvalue weighted by Crippen LogP contribution is 2.37. The van der Waals surface area contributed by atoms with Crippen LogP contribution in [0.1, 0.15) is 31.3 Å². The van der Waals surface area contributed by atoms with E-state index in [9.17, 15) is 0 Å². The molecular weight excluding hydrogens is 340 g/mol. The Morgan fingerprint density at radius 1 is 1.00 bits per heavy atom. The second kappa shape index (κ2) is 7.22. The lowest BCUT2D eigenvalue weighted by atomic mass is 10.1. The third-order valence-electron chi connectivity index (χ3n) is 4.22. The van der Waals surface area contributed by atoms with Crippen LogP contribution >= 0.6 is 11.3 Å². The standard InChI is InChI=1S/C21H20N4S/c1-14(2)19-24-20(23-12-16-10-6-7-11-22-16)18-17(13-26-21(18)25-19)15-8-4-3-5-9-15/h3-11,13-14H,12H2,1-2H3,(H,23,24,25). The van der Waals surface area contributed by atoms with E-state index >= 15 is 0 Å². The number of fused-ring (bicyclic) bond motifs is 1. The molecule has 0 spiro atoms. The predicted octanol–water partition coefficient (Wildman–Crippen LogP) is 5.49. The highest BCUT2D eigenvalue weighted by Gasteiger charge is 2.16. The Labute approximate surface area is 157 Å². The zero-order chi connectivity index (χ0) is 17.9. The summed E-state index contributed by atoms with van der Waals surface area (Å²) >= 11 is 1.67. The fourth-order valence-corrected chi connectivity index (χ4v) is 3.81. The predicted molar refractivity (Wildman–Crippen MR) is 109 cm³/mol. The number of anilines is 1. The van der Waals surface area contributed by atoms with Crippen molar-refractivity contribution in [1.29, 1.82) is 0 Å². The van der Waals surface area contributed by atoms with Gasteiger partial charge >= 0.3 is 0 Å². The molecule has 0 saturated heterocycles. The van der Waals surface area contributed by atoms with Crippen molar-refractivity contribution in [1.82, 2.24) is 15.0 Å². The van der Waals surface area contributed by atoms with Crippen molar-refractivity contribution in [3.05, 3.63) is 71.6 Å². The summed E-state index contributed by atoms with van der Waals surface area (Å²) in [6.45, 7) is 4.87. The SMILES string of the molecule is CC(C)c1nc(NCc2ccccn2)c2c(-c3ccccc3)csc2n1. The molecular formula is C21H20N4S. The molecule has 4 nitrogen and oxygen atoms in total. The fourth-order valence-electron chi connectivity index (χ4n) is 2.85. The Kier molecular flexibility index (Phi) is 4.63. The molecule has 0 aliphatic rings. The monoisotopic (exact) mass is 360 g/mol. The second-order valence-electron chi connectivity index (χ2n) is 6.46. The molecule has 0 saturated carbocycles. The van der Waals surface area contributed by atoms with Gasteiger partial charge in [0.25, 0.3) is 0 Å². The molecule has 0 bridgehead atoms. The minimum atomic E-state index is 0.275. The quantitative estimate of drug-likeness (QED) is 0.511. The molecule has 0 fully saturated rings. The van der Waals surface area contributed by atoms with Gasteiger partial charge in [-0.3, -0.25) is 4.98 Å². The molecule has 3 heterocycles. The summed E-state index contributed by atoms with van der Waals surface area (Å²) in [5, 5.41) is 6.74. The summed E-state index contributed by atoms with van der Waals surface area (Å²) < 4.78 is 0. The first-order chi connectivity index (χ1) is 12.7. The van der Waals surface area contributed by atoms with Crippen LogP contribution in [0.15, 0.2) is 60.1 Å². The van der Waals surface area contributed by atoms with Crippen molar-refractivity contribution in [2.24, 2.45) is 0 Å². The van der Waals surface area contributed by atoms with E-state index < -0.39 is 0 Å². The van der Waals surface area contributed by atoms with Crippen LogP contribution in [-0.2, 0) is 6.54 Å². The van der Waals surface area contributed by atoms with Crippen molar-refractivity contribution >= 4 is 27.4 Å². The number of rotatable bonds is 5. The second-order valence-corrected chi connectivity index (χ2v) is 7.31. The van der Waals surface area contributed by atoms with E-state index in [1.807, 2.05) is 30.5 Å². The average Bonchev–Trinajstić information content (AvgIpc) is 3.12. The van der Waals surface area contributed by atoms with E-state index in [2.05, 4.69) is 53.8 Å².